The van der Waals surface area contributed by atoms with Crippen molar-refractivity contribution in [3.63, 3.8) is 0 Å². The molecule has 1 aliphatic carbocycles. The molecular weight excluding hydrogens is 238 g/mol. The molecule has 2 aliphatic rings. The van der Waals surface area contributed by atoms with Crippen molar-refractivity contribution in [2.45, 2.75) is 38.5 Å². The fraction of sp³-hybridized carbons (Fsp3) is 0.562. The maximum atomic E-state index is 11.3. The van der Waals surface area contributed by atoms with Gasteiger partial charge in [-0.05, 0) is 48.3 Å². The van der Waals surface area contributed by atoms with E-state index in [1.165, 1.54) is 17.5 Å². The van der Waals surface area contributed by atoms with Gasteiger partial charge < -0.3 is 10.1 Å². The molecule has 19 heavy (non-hydrogen) atoms. The number of fused-ring (bicyclic) bond motifs is 1. The molecule has 0 radical (unpaired) electrons. The van der Waals surface area contributed by atoms with E-state index in [-0.39, 0.29) is 5.91 Å². The second-order valence-corrected chi connectivity index (χ2v) is 5.54. The lowest BCUT2D eigenvalue weighted by atomic mass is 9.96. The highest BCUT2D eigenvalue weighted by molar-refractivity contribution is 5.75. The van der Waals surface area contributed by atoms with Crippen LogP contribution in [0.25, 0.3) is 0 Å². The summed E-state index contributed by atoms with van der Waals surface area (Å²) in [5.41, 5.74) is 2.86. The normalized spacial score (nSPS) is 24.3. The number of hydrogen-bond acceptors (Lipinski definition) is 2. The summed E-state index contributed by atoms with van der Waals surface area (Å²) in [6, 6.07) is 6.41. The van der Waals surface area contributed by atoms with Crippen LogP contribution in [0.1, 0.15) is 43.2 Å². The number of carbonyl (C=O) groups is 1. The minimum Gasteiger partial charge on any atom is -0.493 e. The number of nitrogens with one attached hydrogen (secondary N) is 1. The first-order valence-corrected chi connectivity index (χ1v) is 7.31. The smallest absolute Gasteiger partial charge is 0.219 e. The fourth-order valence-corrected chi connectivity index (χ4v) is 2.99. The molecule has 3 nitrogen and oxygen atoms in total. The summed E-state index contributed by atoms with van der Waals surface area (Å²) in [6.45, 7) is 3.56. The van der Waals surface area contributed by atoms with Gasteiger partial charge in [-0.25, -0.2) is 0 Å². The van der Waals surface area contributed by atoms with Gasteiger partial charge in [0.25, 0.3) is 0 Å². The third kappa shape index (κ3) is 2.60. The van der Waals surface area contributed by atoms with Gasteiger partial charge in [-0.3, -0.25) is 4.79 Å². The van der Waals surface area contributed by atoms with Crippen molar-refractivity contribution >= 4 is 5.91 Å². The van der Waals surface area contributed by atoms with Gasteiger partial charge in [0.1, 0.15) is 5.75 Å². The first kappa shape index (κ1) is 12.5. The van der Waals surface area contributed by atoms with Crippen molar-refractivity contribution in [2.24, 2.45) is 5.92 Å². The summed E-state index contributed by atoms with van der Waals surface area (Å²) in [4.78, 5) is 11.3. The number of hydrogen-bond donors (Lipinski definition) is 1. The van der Waals surface area contributed by atoms with E-state index in [1.807, 2.05) is 6.92 Å². The number of amides is 1. The molecule has 3 heteroatoms. The van der Waals surface area contributed by atoms with E-state index in [4.69, 9.17) is 4.74 Å². The zero-order valence-electron chi connectivity index (χ0n) is 11.4. The van der Waals surface area contributed by atoms with Crippen molar-refractivity contribution in [2.75, 3.05) is 13.2 Å². The highest BCUT2D eigenvalue weighted by atomic mass is 16.5. The van der Waals surface area contributed by atoms with Gasteiger partial charge in [0, 0.05) is 13.0 Å². The van der Waals surface area contributed by atoms with Gasteiger partial charge in [-0.2, -0.15) is 0 Å². The average Bonchev–Trinajstić information content (AvgIpc) is 3.23. The molecule has 0 aromatic heterocycles. The summed E-state index contributed by atoms with van der Waals surface area (Å²) in [5, 5.41) is 3.00. The summed E-state index contributed by atoms with van der Waals surface area (Å²) < 4.78 is 5.72. The number of ether oxygens (including phenoxy) is 1. The lowest BCUT2D eigenvalue weighted by Gasteiger charge is -2.20. The Balaban J connectivity index is 1.66. The molecule has 1 aliphatic heterocycles. The highest BCUT2D eigenvalue weighted by Crippen LogP contribution is 2.50. The first-order valence-electron chi connectivity index (χ1n) is 7.31. The molecular formula is C16H21NO2. The van der Waals surface area contributed by atoms with Gasteiger partial charge >= 0.3 is 0 Å². The van der Waals surface area contributed by atoms with Crippen molar-refractivity contribution < 1.29 is 9.53 Å². The minimum atomic E-state index is 0.157. The molecule has 0 saturated heterocycles. The molecule has 1 heterocycles. The minimum absolute atomic E-state index is 0.157. The van der Waals surface area contributed by atoms with Crippen LogP contribution in [0.15, 0.2) is 18.2 Å². The van der Waals surface area contributed by atoms with Crippen molar-refractivity contribution in [1.29, 1.82) is 0 Å². The monoisotopic (exact) mass is 259 g/mol. The van der Waals surface area contributed by atoms with E-state index in [0.29, 0.717) is 18.3 Å². The van der Waals surface area contributed by atoms with Gasteiger partial charge in [0.05, 0.1) is 6.61 Å². The van der Waals surface area contributed by atoms with Crippen LogP contribution in [0.2, 0.25) is 0 Å². The zero-order chi connectivity index (χ0) is 13.2. The lowest BCUT2D eigenvalue weighted by Crippen LogP contribution is -2.24. The van der Waals surface area contributed by atoms with E-state index in [0.717, 1.165) is 31.7 Å². The number of rotatable bonds is 4. The lowest BCUT2D eigenvalue weighted by molar-refractivity contribution is -0.120. The van der Waals surface area contributed by atoms with Crippen LogP contribution >= 0.6 is 0 Å². The van der Waals surface area contributed by atoms with E-state index in [2.05, 4.69) is 23.5 Å². The maximum Gasteiger partial charge on any atom is 0.219 e. The van der Waals surface area contributed by atoms with Gasteiger partial charge in [0.15, 0.2) is 0 Å². The quantitative estimate of drug-likeness (QED) is 0.902. The molecule has 1 aromatic rings. The van der Waals surface area contributed by atoms with Crippen LogP contribution < -0.4 is 10.1 Å². The van der Waals surface area contributed by atoms with E-state index in [9.17, 15) is 4.79 Å². The standard InChI is InChI=1S/C16H21NO2/c1-2-16(18)17-10-11-9-14(11)12-5-3-7-15-13(12)6-4-8-19-15/h3,5,7,11,14H,2,4,6,8-10H2,1H3,(H,17,18). The molecule has 1 saturated carbocycles. The Hall–Kier alpha value is -1.51. The molecule has 1 N–H and O–H groups in total. The molecule has 2 unspecified atom stereocenters. The molecule has 1 fully saturated rings. The van der Waals surface area contributed by atoms with Crippen LogP contribution in [0.5, 0.6) is 5.75 Å². The number of carbonyl (C=O) groups excluding carboxylic acids is 1. The second kappa shape index (κ2) is 5.24. The van der Waals surface area contributed by atoms with Crippen LogP contribution in [-0.2, 0) is 11.2 Å². The highest BCUT2D eigenvalue weighted by Gasteiger charge is 2.40. The van der Waals surface area contributed by atoms with Crippen molar-refractivity contribution in [3.8, 4) is 5.75 Å². The van der Waals surface area contributed by atoms with Crippen molar-refractivity contribution in [3.05, 3.63) is 29.3 Å². The predicted molar refractivity (Wildman–Crippen MR) is 74.4 cm³/mol. The third-order valence-corrected chi connectivity index (χ3v) is 4.20. The van der Waals surface area contributed by atoms with Crippen LogP contribution in [0.4, 0.5) is 0 Å². The molecule has 0 bridgehead atoms. The molecule has 3 rings (SSSR count). The van der Waals surface area contributed by atoms with Crippen LogP contribution in [-0.4, -0.2) is 19.1 Å². The summed E-state index contributed by atoms with van der Waals surface area (Å²) in [7, 11) is 0. The van der Waals surface area contributed by atoms with Gasteiger partial charge in [0.2, 0.25) is 5.91 Å². The molecule has 1 amide bonds. The Morgan fingerprint density at radius 1 is 1.47 bits per heavy atom. The summed E-state index contributed by atoms with van der Waals surface area (Å²) in [5.74, 6) is 2.47. The average molecular weight is 259 g/mol. The van der Waals surface area contributed by atoms with Crippen molar-refractivity contribution in [1.82, 2.24) is 5.32 Å². The van der Waals surface area contributed by atoms with Crippen LogP contribution in [0.3, 0.4) is 0 Å². The van der Waals surface area contributed by atoms with Gasteiger partial charge in [-0.1, -0.05) is 19.1 Å². The molecule has 2 atom stereocenters. The van der Waals surface area contributed by atoms with Crippen LogP contribution in [0, 0.1) is 5.92 Å². The van der Waals surface area contributed by atoms with Gasteiger partial charge in [-0.15, -0.1) is 0 Å². The maximum absolute atomic E-state index is 11.3. The topological polar surface area (TPSA) is 38.3 Å². The molecule has 102 valence electrons. The van der Waals surface area contributed by atoms with E-state index in [1.54, 1.807) is 0 Å². The zero-order valence-corrected chi connectivity index (χ0v) is 11.4. The largest absolute Gasteiger partial charge is 0.493 e. The molecule has 1 aromatic carbocycles. The molecule has 0 spiro atoms. The Morgan fingerprint density at radius 3 is 3.21 bits per heavy atom. The van der Waals surface area contributed by atoms with E-state index < -0.39 is 0 Å². The van der Waals surface area contributed by atoms with E-state index >= 15 is 0 Å². The number of benzene rings is 1. The Labute approximate surface area is 114 Å². The fourth-order valence-electron chi connectivity index (χ4n) is 2.99. The Bertz CT molecular complexity index is 484. The second-order valence-electron chi connectivity index (χ2n) is 5.54. The Kier molecular flexibility index (Phi) is 3.45. The predicted octanol–water partition coefficient (Wildman–Crippen LogP) is 2.64. The third-order valence-electron chi connectivity index (χ3n) is 4.20. The SMILES string of the molecule is CCC(=O)NCC1CC1c1cccc2c1CCCO2. The Morgan fingerprint density at radius 2 is 2.37 bits per heavy atom. The summed E-state index contributed by atoms with van der Waals surface area (Å²) in [6.07, 6.45) is 4.02. The summed E-state index contributed by atoms with van der Waals surface area (Å²) >= 11 is 0. The first-order chi connectivity index (χ1) is 9.29.